The number of hydrogen-bond donors (Lipinski definition) is 1. The first-order valence-electron chi connectivity index (χ1n) is 8.63. The molecule has 0 spiro atoms. The van der Waals surface area contributed by atoms with Crippen LogP contribution < -0.4 is 5.43 Å². The zero-order valence-corrected chi connectivity index (χ0v) is 16.4. The fourth-order valence-electron chi connectivity index (χ4n) is 2.86. The second kappa shape index (κ2) is 8.42. The Labute approximate surface area is 177 Å². The number of carbonyl (C=O) groups excluding carboxylic acids is 1. The minimum absolute atomic E-state index is 0.0172. The molecule has 2 heterocycles. The summed E-state index contributed by atoms with van der Waals surface area (Å²) in [6, 6.07) is 4.23. The summed E-state index contributed by atoms with van der Waals surface area (Å²) in [5.41, 5.74) is 1.02. The molecule has 164 valence electrons. The molecule has 0 saturated heterocycles. The Balaban J connectivity index is 1.87. The number of nitrogens with one attached hydrogen (secondary N) is 1. The third kappa shape index (κ3) is 4.30. The van der Waals surface area contributed by atoms with Crippen LogP contribution in [0.25, 0.3) is 11.5 Å². The number of rotatable bonds is 7. The second-order valence-corrected chi connectivity index (χ2v) is 6.37. The van der Waals surface area contributed by atoms with Crippen LogP contribution in [0.2, 0.25) is 0 Å². The lowest BCUT2D eigenvalue weighted by Crippen LogP contribution is -2.20. The lowest BCUT2D eigenvalue weighted by Gasteiger charge is -2.05. The third-order valence-electron chi connectivity index (χ3n) is 4.17. The van der Waals surface area contributed by atoms with E-state index >= 15 is 0 Å². The van der Waals surface area contributed by atoms with E-state index in [1.807, 2.05) is 0 Å². The van der Waals surface area contributed by atoms with Crippen molar-refractivity contribution < 1.29 is 24.0 Å². The molecular formula is C17H13N7O8. The largest absolute Gasteiger partial charge is 0.433 e. The van der Waals surface area contributed by atoms with Gasteiger partial charge in [-0.05, 0) is 18.6 Å². The Kier molecular flexibility index (Phi) is 5.73. The fraction of sp³-hybridized carbons (Fsp3) is 0.118. The molecule has 3 rings (SSSR count). The smallest absolute Gasteiger partial charge is 0.399 e. The number of carbonyl (C=O) groups is 1. The Morgan fingerprint density at radius 3 is 2.47 bits per heavy atom. The van der Waals surface area contributed by atoms with Gasteiger partial charge in [-0.25, -0.2) is 5.43 Å². The van der Waals surface area contributed by atoms with Crippen molar-refractivity contribution in [2.45, 2.75) is 6.92 Å². The van der Waals surface area contributed by atoms with Gasteiger partial charge in [-0.3, -0.25) is 39.8 Å². The predicted octanol–water partition coefficient (Wildman–Crippen LogP) is 2.48. The summed E-state index contributed by atoms with van der Waals surface area (Å²) in [6.45, 7) is 1.32. The Bertz CT molecular complexity index is 1290. The molecule has 0 aliphatic heterocycles. The number of aryl methyl sites for hydroxylation is 2. The van der Waals surface area contributed by atoms with Crippen LogP contribution in [0, 0.1) is 37.3 Å². The first-order chi connectivity index (χ1) is 15.1. The maximum absolute atomic E-state index is 12.5. The highest BCUT2D eigenvalue weighted by molar-refractivity contribution is 6.00. The van der Waals surface area contributed by atoms with Crippen LogP contribution in [0.5, 0.6) is 0 Å². The first-order valence-corrected chi connectivity index (χ1v) is 8.63. The Morgan fingerprint density at radius 1 is 1.16 bits per heavy atom. The lowest BCUT2D eigenvalue weighted by molar-refractivity contribution is -0.401. The maximum atomic E-state index is 12.5. The van der Waals surface area contributed by atoms with Crippen LogP contribution in [-0.2, 0) is 7.05 Å². The van der Waals surface area contributed by atoms with Gasteiger partial charge in [-0.2, -0.15) is 10.2 Å². The van der Waals surface area contributed by atoms with Crippen molar-refractivity contribution in [1.82, 2.24) is 15.2 Å². The number of furan rings is 1. The topological polar surface area (TPSA) is 202 Å². The number of nitro groups is 3. The molecule has 0 atom stereocenters. The zero-order valence-electron chi connectivity index (χ0n) is 16.4. The van der Waals surface area contributed by atoms with Gasteiger partial charge >= 0.3 is 5.88 Å². The fourth-order valence-corrected chi connectivity index (χ4v) is 2.86. The molecule has 0 saturated carbocycles. The van der Waals surface area contributed by atoms with Gasteiger partial charge < -0.3 is 4.42 Å². The molecule has 1 aromatic carbocycles. The van der Waals surface area contributed by atoms with E-state index in [1.165, 1.54) is 30.1 Å². The van der Waals surface area contributed by atoms with Crippen molar-refractivity contribution >= 4 is 29.4 Å². The number of non-ortho nitro benzene ring substituents is 1. The molecular weight excluding hydrogens is 430 g/mol. The maximum Gasteiger partial charge on any atom is 0.433 e. The first kappa shape index (κ1) is 21.8. The van der Waals surface area contributed by atoms with E-state index in [-0.39, 0.29) is 22.6 Å². The average Bonchev–Trinajstić information content (AvgIpc) is 3.33. The molecule has 15 heteroatoms. The minimum atomic E-state index is -0.959. The molecule has 1 amide bonds. The van der Waals surface area contributed by atoms with Crippen LogP contribution in [-0.4, -0.2) is 36.7 Å². The molecule has 3 aromatic rings. The molecule has 1 N–H and O–H groups in total. The molecule has 15 nitrogen and oxygen atoms in total. The zero-order chi connectivity index (χ0) is 23.6. The van der Waals surface area contributed by atoms with Crippen molar-refractivity contribution in [3.8, 4) is 11.5 Å². The lowest BCUT2D eigenvalue weighted by atomic mass is 10.0. The van der Waals surface area contributed by atoms with Gasteiger partial charge in [0, 0.05) is 24.9 Å². The molecule has 0 aliphatic rings. The summed E-state index contributed by atoms with van der Waals surface area (Å²) in [4.78, 5) is 43.1. The van der Waals surface area contributed by atoms with Gasteiger partial charge in [0.2, 0.25) is 0 Å². The highest BCUT2D eigenvalue weighted by Crippen LogP contribution is 2.29. The van der Waals surface area contributed by atoms with Crippen LogP contribution in [0.4, 0.5) is 17.3 Å². The molecule has 0 unspecified atom stereocenters. The van der Waals surface area contributed by atoms with Crippen LogP contribution in [0.15, 0.2) is 40.0 Å². The highest BCUT2D eigenvalue weighted by Gasteiger charge is 2.27. The van der Waals surface area contributed by atoms with E-state index in [1.54, 1.807) is 7.05 Å². The second-order valence-electron chi connectivity index (χ2n) is 6.37. The van der Waals surface area contributed by atoms with Gasteiger partial charge in [0.1, 0.15) is 16.2 Å². The summed E-state index contributed by atoms with van der Waals surface area (Å²) in [6.07, 6.45) is 2.67. The van der Waals surface area contributed by atoms with Gasteiger partial charge in [0.15, 0.2) is 5.76 Å². The van der Waals surface area contributed by atoms with Crippen LogP contribution in [0.1, 0.15) is 21.5 Å². The van der Waals surface area contributed by atoms with E-state index in [0.29, 0.717) is 11.6 Å². The van der Waals surface area contributed by atoms with Crippen molar-refractivity contribution in [3.63, 3.8) is 0 Å². The van der Waals surface area contributed by atoms with E-state index in [4.69, 9.17) is 4.42 Å². The minimum Gasteiger partial charge on any atom is -0.399 e. The summed E-state index contributed by atoms with van der Waals surface area (Å²) in [5.74, 6) is -1.35. The monoisotopic (exact) mass is 443 g/mol. The van der Waals surface area contributed by atoms with Crippen LogP contribution >= 0.6 is 0 Å². The molecule has 0 aliphatic carbocycles. The molecule has 2 aromatic heterocycles. The van der Waals surface area contributed by atoms with Gasteiger partial charge in [0.05, 0.1) is 28.2 Å². The van der Waals surface area contributed by atoms with E-state index < -0.39 is 37.9 Å². The number of nitrogens with zero attached hydrogens (tertiary/aromatic N) is 6. The van der Waals surface area contributed by atoms with Crippen molar-refractivity contribution in [3.05, 3.63) is 77.5 Å². The van der Waals surface area contributed by atoms with E-state index in [2.05, 4.69) is 15.6 Å². The number of amides is 1. The number of hydrogen-bond acceptors (Lipinski definition) is 10. The van der Waals surface area contributed by atoms with E-state index in [9.17, 15) is 35.1 Å². The summed E-state index contributed by atoms with van der Waals surface area (Å²) in [5, 5.41) is 40.9. The normalized spacial score (nSPS) is 10.9. The number of aromatic nitrogens is 2. The van der Waals surface area contributed by atoms with Gasteiger partial charge in [-0.15, -0.1) is 0 Å². The third-order valence-corrected chi connectivity index (χ3v) is 4.17. The van der Waals surface area contributed by atoms with Crippen molar-refractivity contribution in [2.24, 2.45) is 12.1 Å². The van der Waals surface area contributed by atoms with Crippen molar-refractivity contribution in [1.29, 1.82) is 0 Å². The number of hydrazone groups is 1. The van der Waals surface area contributed by atoms with Gasteiger partial charge in [-0.1, -0.05) is 0 Å². The average molecular weight is 443 g/mol. The summed E-state index contributed by atoms with van der Waals surface area (Å²) >= 11 is 0. The number of benzene rings is 1. The highest BCUT2D eigenvalue weighted by atomic mass is 16.7. The summed E-state index contributed by atoms with van der Waals surface area (Å²) in [7, 11) is 1.58. The number of nitro benzene ring substituents is 2. The molecule has 0 bridgehead atoms. The Hall–Kier alpha value is -4.95. The predicted molar refractivity (Wildman–Crippen MR) is 107 cm³/mol. The van der Waals surface area contributed by atoms with Gasteiger partial charge in [0.25, 0.3) is 17.3 Å². The molecule has 0 fully saturated rings. The standard InChI is InChI=1S/C17H13N7O8/c1-9-5-11(22(26)27)6-12(23(28)29)15(9)17(25)19-18-7-10-8-21(2)20-16(10)13-3-4-14(32-13)24(30)31/h3-8H,1-2H3,(H,19,25). The van der Waals surface area contributed by atoms with E-state index in [0.717, 1.165) is 12.1 Å². The van der Waals surface area contributed by atoms with Crippen molar-refractivity contribution in [2.75, 3.05) is 0 Å². The Morgan fingerprint density at radius 2 is 1.88 bits per heavy atom. The molecule has 32 heavy (non-hydrogen) atoms. The molecule has 0 radical (unpaired) electrons. The van der Waals surface area contributed by atoms with Crippen LogP contribution in [0.3, 0.4) is 0 Å². The summed E-state index contributed by atoms with van der Waals surface area (Å²) < 4.78 is 6.50. The SMILES string of the molecule is Cc1cc([N+](=O)[O-])cc([N+](=O)[O-])c1C(=O)NN=Cc1cn(C)nc1-c1ccc([N+](=O)[O-])o1. The quantitative estimate of drug-likeness (QED) is 0.323.